The highest BCUT2D eigenvalue weighted by molar-refractivity contribution is 14.0. The number of amides is 1. The molecular formula is C23H37FIN5O3. The number of hydrogen-bond acceptors (Lipinski definition) is 5. The van der Waals surface area contributed by atoms with Crippen molar-refractivity contribution < 1.29 is 18.7 Å². The number of anilines is 1. The van der Waals surface area contributed by atoms with Crippen LogP contribution in [-0.2, 0) is 14.3 Å². The molecule has 0 bridgehead atoms. The number of aliphatic imine (C=N–C) groups is 1. The summed E-state index contributed by atoms with van der Waals surface area (Å²) in [6.07, 6.45) is 2.41. The van der Waals surface area contributed by atoms with E-state index in [9.17, 15) is 9.18 Å². The highest BCUT2D eigenvalue weighted by atomic mass is 127. The zero-order chi connectivity index (χ0) is 22.6. The fourth-order valence-electron chi connectivity index (χ4n) is 3.88. The third kappa shape index (κ3) is 9.62. The Labute approximate surface area is 213 Å². The van der Waals surface area contributed by atoms with Crippen molar-refractivity contribution in [1.29, 1.82) is 0 Å². The van der Waals surface area contributed by atoms with Crippen LogP contribution in [0.15, 0.2) is 29.3 Å². The van der Waals surface area contributed by atoms with Gasteiger partial charge in [0.25, 0.3) is 0 Å². The highest BCUT2D eigenvalue weighted by Crippen LogP contribution is 2.17. The van der Waals surface area contributed by atoms with Gasteiger partial charge in [-0.15, -0.1) is 24.0 Å². The molecule has 0 spiro atoms. The van der Waals surface area contributed by atoms with E-state index in [0.29, 0.717) is 44.5 Å². The zero-order valence-corrected chi connectivity index (χ0v) is 21.8. The summed E-state index contributed by atoms with van der Waals surface area (Å²) < 4.78 is 24.1. The predicted octanol–water partition coefficient (Wildman–Crippen LogP) is 2.09. The van der Waals surface area contributed by atoms with Crippen molar-refractivity contribution in [3.63, 3.8) is 0 Å². The van der Waals surface area contributed by atoms with Gasteiger partial charge in [0, 0.05) is 77.6 Å². The molecule has 2 fully saturated rings. The zero-order valence-electron chi connectivity index (χ0n) is 19.4. The summed E-state index contributed by atoms with van der Waals surface area (Å²) >= 11 is 0. The molecular weight excluding hydrogens is 540 g/mol. The van der Waals surface area contributed by atoms with Gasteiger partial charge in [0.2, 0.25) is 5.91 Å². The molecule has 8 nitrogen and oxygen atoms in total. The molecule has 2 saturated heterocycles. The Kier molecular flexibility index (Phi) is 12.8. The molecule has 2 aliphatic rings. The van der Waals surface area contributed by atoms with Crippen LogP contribution in [0.3, 0.4) is 0 Å². The van der Waals surface area contributed by atoms with Crippen LogP contribution in [0.5, 0.6) is 0 Å². The van der Waals surface area contributed by atoms with Crippen LogP contribution in [0.25, 0.3) is 0 Å². The van der Waals surface area contributed by atoms with Crippen molar-refractivity contribution in [2.75, 3.05) is 77.6 Å². The molecule has 0 saturated carbocycles. The van der Waals surface area contributed by atoms with Gasteiger partial charge < -0.3 is 29.9 Å². The molecule has 0 aromatic heterocycles. The fraction of sp³-hybridized carbons (Fsp3) is 0.652. The number of piperazine rings is 1. The first-order valence-corrected chi connectivity index (χ1v) is 11.5. The van der Waals surface area contributed by atoms with Crippen LogP contribution >= 0.6 is 24.0 Å². The van der Waals surface area contributed by atoms with Gasteiger partial charge in [0.05, 0.1) is 13.2 Å². The number of nitrogens with zero attached hydrogens (tertiary/aromatic N) is 3. The molecule has 1 unspecified atom stereocenters. The SMILES string of the molecule is CN=C(NCCCOCC1CCOC1)NCCC(=O)N1CCN(c2ccc(F)cc2)CC1.I. The minimum Gasteiger partial charge on any atom is -0.381 e. The van der Waals surface area contributed by atoms with Gasteiger partial charge in [-0.2, -0.15) is 0 Å². The molecule has 1 amide bonds. The average molecular weight is 577 g/mol. The lowest BCUT2D eigenvalue weighted by molar-refractivity contribution is -0.131. The third-order valence-electron chi connectivity index (χ3n) is 5.81. The molecule has 3 rings (SSSR count). The quantitative estimate of drug-likeness (QED) is 0.192. The van der Waals surface area contributed by atoms with Gasteiger partial charge in [-0.1, -0.05) is 0 Å². The van der Waals surface area contributed by atoms with Crippen LogP contribution in [0.2, 0.25) is 0 Å². The number of halogens is 2. The van der Waals surface area contributed by atoms with E-state index < -0.39 is 0 Å². The summed E-state index contributed by atoms with van der Waals surface area (Å²) in [7, 11) is 1.72. The van der Waals surface area contributed by atoms with Crippen molar-refractivity contribution in [3.05, 3.63) is 30.1 Å². The van der Waals surface area contributed by atoms with E-state index in [-0.39, 0.29) is 35.7 Å². The number of nitrogens with one attached hydrogen (secondary N) is 2. The molecule has 10 heteroatoms. The number of ether oxygens (including phenoxy) is 2. The van der Waals surface area contributed by atoms with Crippen LogP contribution in [0, 0.1) is 11.7 Å². The van der Waals surface area contributed by atoms with E-state index in [4.69, 9.17) is 9.47 Å². The monoisotopic (exact) mass is 577 g/mol. The number of carbonyl (C=O) groups excluding carboxylic acids is 1. The van der Waals surface area contributed by atoms with Gasteiger partial charge in [-0.3, -0.25) is 9.79 Å². The maximum atomic E-state index is 13.1. The molecule has 1 aromatic carbocycles. The van der Waals surface area contributed by atoms with E-state index in [1.807, 2.05) is 4.90 Å². The molecule has 2 heterocycles. The Morgan fingerprint density at radius 1 is 1.18 bits per heavy atom. The smallest absolute Gasteiger partial charge is 0.224 e. The first-order chi connectivity index (χ1) is 15.7. The molecule has 33 heavy (non-hydrogen) atoms. The lowest BCUT2D eigenvalue weighted by atomic mass is 10.1. The molecule has 186 valence electrons. The number of guanidine groups is 1. The van der Waals surface area contributed by atoms with E-state index in [0.717, 1.165) is 58.0 Å². The molecule has 2 aliphatic heterocycles. The van der Waals surface area contributed by atoms with E-state index in [2.05, 4.69) is 20.5 Å². The normalized spacial score (nSPS) is 18.7. The number of benzene rings is 1. The van der Waals surface area contributed by atoms with Gasteiger partial charge in [-0.25, -0.2) is 4.39 Å². The number of rotatable bonds is 10. The van der Waals surface area contributed by atoms with E-state index in [1.54, 1.807) is 19.2 Å². The Morgan fingerprint density at radius 2 is 1.91 bits per heavy atom. The largest absolute Gasteiger partial charge is 0.381 e. The standard InChI is InChI=1S/C23H36FN5O3.HI/c1-25-23(26-9-2-15-31-17-19-8-16-32-18-19)27-10-7-22(30)29-13-11-28(12-14-29)21-5-3-20(24)4-6-21;/h3-6,19H,2,7-18H2,1H3,(H2,25,26,27);1H. The lowest BCUT2D eigenvalue weighted by Crippen LogP contribution is -2.49. The van der Waals surface area contributed by atoms with Crippen molar-refractivity contribution >= 4 is 41.5 Å². The average Bonchev–Trinajstić information content (AvgIpc) is 3.34. The van der Waals surface area contributed by atoms with E-state index in [1.165, 1.54) is 12.1 Å². The van der Waals surface area contributed by atoms with Crippen molar-refractivity contribution in [3.8, 4) is 0 Å². The topological polar surface area (TPSA) is 78.4 Å². The molecule has 1 aromatic rings. The molecule has 0 radical (unpaired) electrons. The molecule has 2 N–H and O–H groups in total. The van der Waals surface area contributed by atoms with Gasteiger partial charge in [0.1, 0.15) is 5.82 Å². The fourth-order valence-corrected chi connectivity index (χ4v) is 3.88. The van der Waals surface area contributed by atoms with Gasteiger partial charge in [0.15, 0.2) is 5.96 Å². The first kappa shape index (κ1) is 27.6. The number of carbonyl (C=O) groups is 1. The summed E-state index contributed by atoms with van der Waals surface area (Å²) in [5, 5.41) is 6.46. The lowest BCUT2D eigenvalue weighted by Gasteiger charge is -2.36. The van der Waals surface area contributed by atoms with Crippen molar-refractivity contribution in [2.45, 2.75) is 19.3 Å². The second kappa shape index (κ2) is 15.3. The maximum absolute atomic E-state index is 13.1. The summed E-state index contributed by atoms with van der Waals surface area (Å²) in [5.41, 5.74) is 0.994. The minimum absolute atomic E-state index is 0. The van der Waals surface area contributed by atoms with Crippen LogP contribution < -0.4 is 15.5 Å². The minimum atomic E-state index is -0.234. The Bertz CT molecular complexity index is 723. The Balaban J connectivity index is 0.00000385. The van der Waals surface area contributed by atoms with Crippen LogP contribution in [0.1, 0.15) is 19.3 Å². The van der Waals surface area contributed by atoms with E-state index >= 15 is 0 Å². The Morgan fingerprint density at radius 3 is 2.58 bits per heavy atom. The molecule has 1 atom stereocenters. The van der Waals surface area contributed by atoms with Crippen molar-refractivity contribution in [2.24, 2.45) is 10.9 Å². The van der Waals surface area contributed by atoms with Gasteiger partial charge in [-0.05, 0) is 37.1 Å². The molecule has 0 aliphatic carbocycles. The maximum Gasteiger partial charge on any atom is 0.224 e. The summed E-state index contributed by atoms with van der Waals surface area (Å²) in [6, 6.07) is 6.51. The van der Waals surface area contributed by atoms with Gasteiger partial charge >= 0.3 is 0 Å². The predicted molar refractivity (Wildman–Crippen MR) is 139 cm³/mol. The first-order valence-electron chi connectivity index (χ1n) is 11.5. The summed E-state index contributed by atoms with van der Waals surface area (Å²) in [6.45, 7) is 7.31. The summed E-state index contributed by atoms with van der Waals surface area (Å²) in [5.74, 6) is 1.14. The highest BCUT2D eigenvalue weighted by Gasteiger charge is 2.21. The second-order valence-corrected chi connectivity index (χ2v) is 8.18. The van der Waals surface area contributed by atoms with Crippen LogP contribution in [0.4, 0.5) is 10.1 Å². The van der Waals surface area contributed by atoms with Crippen molar-refractivity contribution in [1.82, 2.24) is 15.5 Å². The second-order valence-electron chi connectivity index (χ2n) is 8.18. The number of hydrogen-bond donors (Lipinski definition) is 2. The van der Waals surface area contributed by atoms with Crippen LogP contribution in [-0.4, -0.2) is 89.5 Å². The Hall–Kier alpha value is -1.66. The summed E-state index contributed by atoms with van der Waals surface area (Å²) in [4.78, 5) is 20.8. The third-order valence-corrected chi connectivity index (χ3v) is 5.81.